The van der Waals surface area contributed by atoms with Gasteiger partial charge >= 0.3 is 0 Å². The topological polar surface area (TPSA) is 107 Å². The molecule has 110 valence electrons. The van der Waals surface area contributed by atoms with Crippen molar-refractivity contribution in [2.45, 2.75) is 25.7 Å². The molecule has 2 aromatic heterocycles. The molecule has 2 fully saturated rings. The molecule has 21 heavy (non-hydrogen) atoms. The molecule has 0 aliphatic heterocycles. The Labute approximate surface area is 122 Å². The van der Waals surface area contributed by atoms with Gasteiger partial charge in [0.15, 0.2) is 0 Å². The van der Waals surface area contributed by atoms with E-state index in [1.54, 1.807) is 0 Å². The zero-order valence-corrected chi connectivity index (χ0v) is 11.7. The number of hydrogen-bond acceptors (Lipinski definition) is 7. The van der Waals surface area contributed by atoms with Crippen molar-refractivity contribution in [1.82, 2.24) is 29.7 Å². The molecule has 8 heteroatoms. The number of hydrogen-bond donors (Lipinski definition) is 2. The molecule has 2 aliphatic carbocycles. The Morgan fingerprint density at radius 1 is 1.19 bits per heavy atom. The molecule has 0 unspecified atom stereocenters. The van der Waals surface area contributed by atoms with Gasteiger partial charge in [-0.3, -0.25) is 0 Å². The van der Waals surface area contributed by atoms with E-state index in [9.17, 15) is 0 Å². The van der Waals surface area contributed by atoms with Crippen LogP contribution >= 0.6 is 0 Å². The molecule has 0 amide bonds. The van der Waals surface area contributed by atoms with E-state index in [-0.39, 0.29) is 5.95 Å². The summed E-state index contributed by atoms with van der Waals surface area (Å²) in [5, 5.41) is 7.34. The molecule has 2 aliphatic rings. The summed E-state index contributed by atoms with van der Waals surface area (Å²) in [6, 6.07) is 0. The SMILES string of the molecule is Nc1nc(NCC(C2CC2)C2CC2)nc(-n2cncn2)n1. The number of nitrogens with two attached hydrogens (primary N) is 1. The van der Waals surface area contributed by atoms with Crippen LogP contribution in [-0.2, 0) is 0 Å². The van der Waals surface area contributed by atoms with Crippen molar-refractivity contribution in [1.29, 1.82) is 0 Å². The maximum absolute atomic E-state index is 5.75. The summed E-state index contributed by atoms with van der Waals surface area (Å²) >= 11 is 0. The van der Waals surface area contributed by atoms with Gasteiger partial charge in [0, 0.05) is 6.54 Å². The molecular weight excluding hydrogens is 268 g/mol. The summed E-state index contributed by atoms with van der Waals surface area (Å²) in [5.41, 5.74) is 5.75. The lowest BCUT2D eigenvalue weighted by Crippen LogP contribution is -2.20. The van der Waals surface area contributed by atoms with Crippen molar-refractivity contribution in [3.63, 3.8) is 0 Å². The van der Waals surface area contributed by atoms with Gasteiger partial charge in [-0.1, -0.05) is 0 Å². The first-order valence-electron chi connectivity index (χ1n) is 7.40. The second-order valence-electron chi connectivity index (χ2n) is 5.88. The maximum Gasteiger partial charge on any atom is 0.258 e. The number of aromatic nitrogens is 6. The fourth-order valence-corrected chi connectivity index (χ4v) is 2.85. The minimum Gasteiger partial charge on any atom is -0.368 e. The van der Waals surface area contributed by atoms with Gasteiger partial charge in [0.2, 0.25) is 11.9 Å². The number of nitrogens with one attached hydrogen (secondary N) is 1. The third-order valence-corrected chi connectivity index (χ3v) is 4.22. The quantitative estimate of drug-likeness (QED) is 0.811. The standard InChI is InChI=1S/C13H18N8/c14-11-18-12(20-13(19-11)21-7-15-6-17-21)16-5-10(8-1-2-8)9-3-4-9/h6-10H,1-5H2,(H3,14,16,18,19,20). The van der Waals surface area contributed by atoms with Crippen LogP contribution in [0.1, 0.15) is 25.7 Å². The van der Waals surface area contributed by atoms with E-state index in [2.05, 4.69) is 30.4 Å². The fourth-order valence-electron chi connectivity index (χ4n) is 2.85. The Balaban J connectivity index is 1.49. The lowest BCUT2D eigenvalue weighted by molar-refractivity contribution is 0.427. The monoisotopic (exact) mass is 286 g/mol. The molecule has 0 spiro atoms. The molecular formula is C13H18N8. The third-order valence-electron chi connectivity index (χ3n) is 4.22. The molecule has 2 aromatic rings. The molecule has 0 saturated heterocycles. The van der Waals surface area contributed by atoms with Gasteiger partial charge in [0.05, 0.1) is 0 Å². The van der Waals surface area contributed by atoms with Crippen molar-refractivity contribution in [2.75, 3.05) is 17.6 Å². The van der Waals surface area contributed by atoms with Gasteiger partial charge < -0.3 is 11.1 Å². The van der Waals surface area contributed by atoms with E-state index in [0.29, 0.717) is 11.9 Å². The largest absolute Gasteiger partial charge is 0.368 e. The van der Waals surface area contributed by atoms with Crippen molar-refractivity contribution in [2.24, 2.45) is 17.8 Å². The average molecular weight is 286 g/mol. The molecule has 4 rings (SSSR count). The van der Waals surface area contributed by atoms with Crippen LogP contribution in [0.3, 0.4) is 0 Å². The van der Waals surface area contributed by atoms with E-state index in [1.807, 2.05) is 0 Å². The van der Waals surface area contributed by atoms with Crippen LogP contribution in [0, 0.1) is 17.8 Å². The first-order chi connectivity index (χ1) is 10.3. The van der Waals surface area contributed by atoms with E-state index in [1.165, 1.54) is 43.0 Å². The molecule has 2 heterocycles. The van der Waals surface area contributed by atoms with Crippen molar-refractivity contribution in [3.05, 3.63) is 12.7 Å². The van der Waals surface area contributed by atoms with Crippen LogP contribution in [0.2, 0.25) is 0 Å². The van der Waals surface area contributed by atoms with Crippen LogP contribution in [0.5, 0.6) is 0 Å². The summed E-state index contributed by atoms with van der Waals surface area (Å²) in [5.74, 6) is 3.61. The Kier molecular flexibility index (Phi) is 2.94. The molecule has 0 atom stereocenters. The summed E-state index contributed by atoms with van der Waals surface area (Å²) < 4.78 is 1.47. The highest BCUT2D eigenvalue weighted by Crippen LogP contribution is 2.49. The van der Waals surface area contributed by atoms with Gasteiger partial charge in [-0.25, -0.2) is 4.98 Å². The molecule has 0 radical (unpaired) electrons. The number of nitrogens with zero attached hydrogens (tertiary/aromatic N) is 6. The first kappa shape index (κ1) is 12.5. The Bertz CT molecular complexity index is 605. The lowest BCUT2D eigenvalue weighted by atomic mass is 9.98. The van der Waals surface area contributed by atoms with Crippen molar-refractivity contribution < 1.29 is 0 Å². The lowest BCUT2D eigenvalue weighted by Gasteiger charge is -2.16. The normalized spacial score (nSPS) is 18.1. The van der Waals surface area contributed by atoms with E-state index in [4.69, 9.17) is 5.73 Å². The highest BCUT2D eigenvalue weighted by Gasteiger charge is 2.41. The third kappa shape index (κ3) is 2.79. The van der Waals surface area contributed by atoms with Crippen molar-refractivity contribution in [3.8, 4) is 5.95 Å². The highest BCUT2D eigenvalue weighted by atomic mass is 15.4. The van der Waals surface area contributed by atoms with Gasteiger partial charge in [-0.05, 0) is 43.4 Å². The molecule has 3 N–H and O–H groups in total. The molecule has 8 nitrogen and oxygen atoms in total. The van der Waals surface area contributed by atoms with Gasteiger partial charge in [-0.15, -0.1) is 0 Å². The zero-order valence-electron chi connectivity index (χ0n) is 11.7. The smallest absolute Gasteiger partial charge is 0.258 e. The fraction of sp³-hybridized carbons (Fsp3) is 0.615. The summed E-state index contributed by atoms with van der Waals surface area (Å²) in [4.78, 5) is 16.5. The number of nitrogen functional groups attached to an aromatic ring is 1. The average Bonchev–Trinajstić information content (AvgIpc) is 3.40. The van der Waals surface area contributed by atoms with Crippen LogP contribution in [-0.4, -0.2) is 36.3 Å². The molecule has 2 saturated carbocycles. The maximum atomic E-state index is 5.75. The van der Waals surface area contributed by atoms with Crippen LogP contribution in [0.15, 0.2) is 12.7 Å². The number of rotatable bonds is 6. The predicted octanol–water partition coefficient (Wildman–Crippen LogP) is 0.883. The Hall–Kier alpha value is -2.25. The zero-order chi connectivity index (χ0) is 14.2. The minimum atomic E-state index is 0.187. The molecule has 0 bridgehead atoms. The van der Waals surface area contributed by atoms with Gasteiger partial charge in [0.1, 0.15) is 12.7 Å². The summed E-state index contributed by atoms with van der Waals surface area (Å²) in [7, 11) is 0. The summed E-state index contributed by atoms with van der Waals surface area (Å²) in [6.07, 6.45) is 8.44. The van der Waals surface area contributed by atoms with E-state index < -0.39 is 0 Å². The highest BCUT2D eigenvalue weighted by molar-refractivity contribution is 5.34. The molecule has 0 aromatic carbocycles. The first-order valence-corrected chi connectivity index (χ1v) is 7.40. The minimum absolute atomic E-state index is 0.187. The Morgan fingerprint density at radius 3 is 2.57 bits per heavy atom. The van der Waals surface area contributed by atoms with Crippen LogP contribution in [0.4, 0.5) is 11.9 Å². The number of anilines is 2. The second-order valence-corrected chi connectivity index (χ2v) is 5.88. The summed E-state index contributed by atoms with van der Waals surface area (Å²) in [6.45, 7) is 0.912. The van der Waals surface area contributed by atoms with Crippen molar-refractivity contribution >= 4 is 11.9 Å². The van der Waals surface area contributed by atoms with E-state index in [0.717, 1.165) is 24.3 Å². The predicted molar refractivity (Wildman–Crippen MR) is 76.6 cm³/mol. The van der Waals surface area contributed by atoms with Gasteiger partial charge in [0.25, 0.3) is 5.95 Å². The van der Waals surface area contributed by atoms with Crippen LogP contribution < -0.4 is 11.1 Å². The Morgan fingerprint density at radius 2 is 1.95 bits per heavy atom. The van der Waals surface area contributed by atoms with E-state index >= 15 is 0 Å². The van der Waals surface area contributed by atoms with Crippen LogP contribution in [0.25, 0.3) is 5.95 Å². The second kappa shape index (κ2) is 4.94. The van der Waals surface area contributed by atoms with Gasteiger partial charge in [-0.2, -0.15) is 24.7 Å².